The van der Waals surface area contributed by atoms with Crippen LogP contribution < -0.4 is 5.32 Å². The van der Waals surface area contributed by atoms with Gasteiger partial charge in [0.25, 0.3) is 5.91 Å². The second-order valence-electron chi connectivity index (χ2n) is 9.96. The fourth-order valence-electron chi connectivity index (χ4n) is 4.78. The quantitative estimate of drug-likeness (QED) is 0.284. The van der Waals surface area contributed by atoms with Crippen molar-refractivity contribution in [3.05, 3.63) is 107 Å². The van der Waals surface area contributed by atoms with Gasteiger partial charge in [0.2, 0.25) is 5.91 Å². The van der Waals surface area contributed by atoms with Crippen molar-refractivity contribution in [2.75, 3.05) is 7.05 Å². The maximum absolute atomic E-state index is 13.6. The van der Waals surface area contributed by atoms with E-state index in [1.165, 1.54) is 7.05 Å². The highest BCUT2D eigenvalue weighted by Crippen LogP contribution is 2.38. The van der Waals surface area contributed by atoms with E-state index in [-0.39, 0.29) is 30.9 Å². The van der Waals surface area contributed by atoms with Crippen molar-refractivity contribution < 1.29 is 35.9 Å². The Labute approximate surface area is 228 Å². The first-order valence-corrected chi connectivity index (χ1v) is 12.8. The van der Waals surface area contributed by atoms with Gasteiger partial charge in [0.05, 0.1) is 11.1 Å². The minimum atomic E-state index is -5.09. The zero-order valence-electron chi connectivity index (χ0n) is 21.6. The number of carbonyl (C=O) groups excluding carboxylic acids is 2. The van der Waals surface area contributed by atoms with Crippen LogP contribution in [-0.4, -0.2) is 35.8 Å². The molecule has 0 aliphatic heterocycles. The van der Waals surface area contributed by atoms with Crippen molar-refractivity contribution >= 4 is 11.8 Å². The largest absolute Gasteiger partial charge is 0.416 e. The number of alkyl halides is 6. The van der Waals surface area contributed by atoms with E-state index >= 15 is 0 Å². The van der Waals surface area contributed by atoms with Crippen LogP contribution in [0, 0.1) is 0 Å². The Morgan fingerprint density at radius 3 is 1.73 bits per heavy atom. The topological polar surface area (TPSA) is 49.4 Å². The van der Waals surface area contributed by atoms with Gasteiger partial charge in [-0.1, -0.05) is 60.7 Å². The third kappa shape index (κ3) is 7.22. The summed E-state index contributed by atoms with van der Waals surface area (Å²) in [4.78, 5) is 27.4. The van der Waals surface area contributed by atoms with Gasteiger partial charge in [-0.3, -0.25) is 9.59 Å². The van der Waals surface area contributed by atoms with Crippen LogP contribution in [-0.2, 0) is 17.1 Å². The Morgan fingerprint density at radius 1 is 0.825 bits per heavy atom. The van der Waals surface area contributed by atoms with Crippen LogP contribution in [0.1, 0.15) is 64.2 Å². The number of hydrogen-bond donors (Lipinski definition) is 1. The summed E-state index contributed by atoms with van der Waals surface area (Å²) in [5.74, 6) is -1.76. The highest BCUT2D eigenvalue weighted by molar-refractivity contribution is 5.95. The fraction of sp³-hybridized carbons (Fsp3) is 0.333. The van der Waals surface area contributed by atoms with E-state index in [1.807, 2.05) is 24.3 Å². The molecule has 0 heterocycles. The van der Waals surface area contributed by atoms with Crippen molar-refractivity contribution in [1.29, 1.82) is 0 Å². The lowest BCUT2D eigenvalue weighted by Crippen LogP contribution is -2.42. The zero-order valence-corrected chi connectivity index (χ0v) is 21.6. The van der Waals surface area contributed by atoms with Crippen LogP contribution in [0.15, 0.2) is 78.9 Å². The van der Waals surface area contributed by atoms with E-state index in [0.29, 0.717) is 12.1 Å². The van der Waals surface area contributed by atoms with E-state index in [4.69, 9.17) is 0 Å². The first-order chi connectivity index (χ1) is 18.8. The minimum absolute atomic E-state index is 0.00673. The van der Waals surface area contributed by atoms with Gasteiger partial charge in [-0.15, -0.1) is 0 Å². The Balaban J connectivity index is 1.76. The van der Waals surface area contributed by atoms with Crippen molar-refractivity contribution in [2.24, 2.45) is 0 Å². The molecule has 4 nitrogen and oxygen atoms in total. The van der Waals surface area contributed by atoms with Gasteiger partial charge in [-0.2, -0.15) is 26.3 Å². The number of carbonyl (C=O) groups is 2. The molecule has 0 saturated heterocycles. The van der Waals surface area contributed by atoms with Crippen molar-refractivity contribution in [3.63, 3.8) is 0 Å². The number of amides is 2. The molecule has 1 unspecified atom stereocenters. The van der Waals surface area contributed by atoms with Gasteiger partial charge in [0, 0.05) is 37.0 Å². The lowest BCUT2D eigenvalue weighted by atomic mass is 9.82. The summed E-state index contributed by atoms with van der Waals surface area (Å²) in [7, 11) is 1.35. The molecule has 1 N–H and O–H groups in total. The second-order valence-corrected chi connectivity index (χ2v) is 9.96. The molecular weight excluding hydrogens is 534 g/mol. The average Bonchev–Trinajstić information content (AvgIpc) is 3.74. The van der Waals surface area contributed by atoms with Gasteiger partial charge < -0.3 is 10.2 Å². The molecule has 1 saturated carbocycles. The zero-order chi connectivity index (χ0) is 29.1. The minimum Gasteiger partial charge on any atom is -0.353 e. The monoisotopic (exact) mass is 562 g/mol. The molecule has 2 amide bonds. The number of benzene rings is 3. The van der Waals surface area contributed by atoms with Crippen molar-refractivity contribution in [2.45, 2.75) is 56.0 Å². The summed E-state index contributed by atoms with van der Waals surface area (Å²) >= 11 is 0. The number of nitrogens with one attached hydrogen (secondary N) is 1. The summed E-state index contributed by atoms with van der Waals surface area (Å²) in [6.45, 7) is 0. The van der Waals surface area contributed by atoms with Crippen molar-refractivity contribution in [3.8, 4) is 0 Å². The van der Waals surface area contributed by atoms with Crippen LogP contribution in [0.2, 0.25) is 0 Å². The highest BCUT2D eigenvalue weighted by Gasteiger charge is 2.39. The standard InChI is InChI=1S/C30H28F6N2O2/c1-38(28(40)21-16-22(29(31,32)33)18-23(17-21)30(34,35)36)25(14-15-26(39)37-24-12-13-24)27(19-8-4-2-5-9-19)20-10-6-3-7-11-20/h2-11,16-18,24-25,27H,12-15H2,1H3,(H,37,39). The van der Waals surface area contributed by atoms with Crippen LogP contribution >= 0.6 is 0 Å². The molecule has 0 radical (unpaired) electrons. The summed E-state index contributed by atoms with van der Waals surface area (Å²) < 4.78 is 81.1. The average molecular weight is 563 g/mol. The maximum Gasteiger partial charge on any atom is 0.416 e. The SMILES string of the molecule is CN(C(=O)c1cc(C(F)(F)F)cc(C(F)(F)F)c1)C(CCC(=O)NC1CC1)C(c1ccccc1)c1ccccc1. The molecule has 1 aliphatic carbocycles. The molecule has 212 valence electrons. The number of nitrogens with zero attached hydrogens (tertiary/aromatic N) is 1. The van der Waals surface area contributed by atoms with E-state index in [2.05, 4.69) is 5.32 Å². The van der Waals surface area contributed by atoms with E-state index < -0.39 is 46.9 Å². The summed E-state index contributed by atoms with van der Waals surface area (Å²) in [6.07, 6.45) is -8.29. The molecule has 10 heteroatoms. The lowest BCUT2D eigenvalue weighted by Gasteiger charge is -2.36. The maximum atomic E-state index is 13.6. The molecule has 0 aromatic heterocycles. The second kappa shape index (κ2) is 11.7. The van der Waals surface area contributed by atoms with Gasteiger partial charge in [0.15, 0.2) is 0 Å². The van der Waals surface area contributed by atoms with Crippen LogP contribution in [0.3, 0.4) is 0 Å². The van der Waals surface area contributed by atoms with Gasteiger partial charge in [-0.25, -0.2) is 0 Å². The molecule has 40 heavy (non-hydrogen) atoms. The lowest BCUT2D eigenvalue weighted by molar-refractivity contribution is -0.143. The molecule has 1 fully saturated rings. The predicted molar refractivity (Wildman–Crippen MR) is 137 cm³/mol. The molecular formula is C30H28F6N2O2. The highest BCUT2D eigenvalue weighted by atomic mass is 19.4. The predicted octanol–water partition coefficient (Wildman–Crippen LogP) is 7.06. The van der Waals surface area contributed by atoms with Gasteiger partial charge in [-0.05, 0) is 48.6 Å². The normalized spacial score (nSPS) is 14.6. The number of rotatable bonds is 9. The molecule has 1 aliphatic rings. The number of hydrogen-bond acceptors (Lipinski definition) is 2. The summed E-state index contributed by atoms with van der Waals surface area (Å²) in [6, 6.07) is 18.3. The smallest absolute Gasteiger partial charge is 0.353 e. The molecule has 1 atom stereocenters. The first-order valence-electron chi connectivity index (χ1n) is 12.8. The van der Waals surface area contributed by atoms with Crippen LogP contribution in [0.25, 0.3) is 0 Å². The Bertz CT molecular complexity index is 1250. The Hall–Kier alpha value is -3.82. The number of likely N-dealkylation sites (N-methyl/N-ethyl adjacent to an activating group) is 1. The third-order valence-electron chi connectivity index (χ3n) is 6.96. The van der Waals surface area contributed by atoms with Crippen LogP contribution in [0.5, 0.6) is 0 Å². The fourth-order valence-corrected chi connectivity index (χ4v) is 4.78. The van der Waals surface area contributed by atoms with Crippen LogP contribution in [0.4, 0.5) is 26.3 Å². The number of halogens is 6. The van der Waals surface area contributed by atoms with Gasteiger partial charge >= 0.3 is 12.4 Å². The van der Waals surface area contributed by atoms with E-state index in [9.17, 15) is 35.9 Å². The summed E-state index contributed by atoms with van der Waals surface area (Å²) in [5.41, 5.74) is -2.32. The molecule has 3 aromatic carbocycles. The Morgan fingerprint density at radius 2 is 1.30 bits per heavy atom. The summed E-state index contributed by atoms with van der Waals surface area (Å²) in [5, 5.41) is 2.88. The van der Waals surface area contributed by atoms with E-state index in [0.717, 1.165) is 28.9 Å². The first kappa shape index (κ1) is 29.2. The molecule has 4 rings (SSSR count). The third-order valence-corrected chi connectivity index (χ3v) is 6.96. The molecule has 0 spiro atoms. The van der Waals surface area contributed by atoms with E-state index in [1.54, 1.807) is 36.4 Å². The Kier molecular flexibility index (Phi) is 8.56. The van der Waals surface area contributed by atoms with Gasteiger partial charge in [0.1, 0.15) is 0 Å². The molecule has 3 aromatic rings. The van der Waals surface area contributed by atoms with Crippen molar-refractivity contribution in [1.82, 2.24) is 10.2 Å². The molecule has 0 bridgehead atoms.